The molecule has 0 aliphatic heterocycles. The Balaban J connectivity index is 1.83. The number of hydrogen-bond donors (Lipinski definition) is 0. The SMILES string of the molecule is Cn1cc(CC(C#N)C=Nc2ccccc2)c2ccccc21. The van der Waals surface area contributed by atoms with Crippen molar-refractivity contribution in [1.29, 1.82) is 5.26 Å². The van der Waals surface area contributed by atoms with Crippen molar-refractivity contribution >= 4 is 22.8 Å². The minimum atomic E-state index is -0.231. The summed E-state index contributed by atoms with van der Waals surface area (Å²) >= 11 is 0. The first-order valence-corrected chi connectivity index (χ1v) is 7.29. The third-order valence-corrected chi connectivity index (χ3v) is 3.74. The molecule has 0 aliphatic carbocycles. The van der Waals surface area contributed by atoms with Gasteiger partial charge in [0.15, 0.2) is 0 Å². The van der Waals surface area contributed by atoms with Crippen molar-refractivity contribution in [1.82, 2.24) is 4.57 Å². The van der Waals surface area contributed by atoms with Crippen molar-refractivity contribution in [2.24, 2.45) is 18.0 Å². The Kier molecular flexibility index (Phi) is 4.02. The number of aromatic nitrogens is 1. The molecule has 108 valence electrons. The number of hydrogen-bond acceptors (Lipinski definition) is 2. The van der Waals surface area contributed by atoms with Gasteiger partial charge in [0.05, 0.1) is 17.7 Å². The Hall–Kier alpha value is -2.86. The molecule has 1 aromatic heterocycles. The van der Waals surface area contributed by atoms with Crippen LogP contribution in [0.4, 0.5) is 5.69 Å². The van der Waals surface area contributed by atoms with Gasteiger partial charge in [-0.25, -0.2) is 0 Å². The fraction of sp³-hybridized carbons (Fsp3) is 0.158. The highest BCUT2D eigenvalue weighted by molar-refractivity contribution is 5.84. The molecule has 1 heterocycles. The number of benzene rings is 2. The minimum Gasteiger partial charge on any atom is -0.350 e. The van der Waals surface area contributed by atoms with Gasteiger partial charge in [0.1, 0.15) is 0 Å². The average Bonchev–Trinajstić information content (AvgIpc) is 2.89. The maximum atomic E-state index is 9.40. The second-order valence-corrected chi connectivity index (χ2v) is 5.34. The Morgan fingerprint density at radius 2 is 1.86 bits per heavy atom. The van der Waals surface area contributed by atoms with Gasteiger partial charge in [-0.15, -0.1) is 0 Å². The van der Waals surface area contributed by atoms with Crippen molar-refractivity contribution in [2.45, 2.75) is 6.42 Å². The monoisotopic (exact) mass is 287 g/mol. The summed E-state index contributed by atoms with van der Waals surface area (Å²) < 4.78 is 2.10. The molecule has 0 fully saturated rings. The van der Waals surface area contributed by atoms with E-state index in [1.807, 2.05) is 49.5 Å². The van der Waals surface area contributed by atoms with Crippen LogP contribution < -0.4 is 0 Å². The molecule has 0 amide bonds. The van der Waals surface area contributed by atoms with Gasteiger partial charge < -0.3 is 4.57 Å². The predicted octanol–water partition coefficient (Wildman–Crippen LogP) is 4.26. The maximum Gasteiger partial charge on any atom is 0.0856 e. The van der Waals surface area contributed by atoms with Gasteiger partial charge in [0.25, 0.3) is 0 Å². The highest BCUT2D eigenvalue weighted by Gasteiger charge is 2.11. The zero-order valence-electron chi connectivity index (χ0n) is 12.5. The van der Waals surface area contributed by atoms with Crippen LogP contribution in [-0.4, -0.2) is 10.8 Å². The van der Waals surface area contributed by atoms with E-state index in [9.17, 15) is 5.26 Å². The first-order chi connectivity index (χ1) is 10.8. The molecule has 0 saturated heterocycles. The zero-order chi connectivity index (χ0) is 15.4. The number of aryl methyl sites for hydroxylation is 1. The highest BCUT2D eigenvalue weighted by atomic mass is 14.9. The van der Waals surface area contributed by atoms with Crippen LogP contribution in [-0.2, 0) is 13.5 Å². The maximum absolute atomic E-state index is 9.40. The van der Waals surface area contributed by atoms with Gasteiger partial charge in [-0.2, -0.15) is 5.26 Å². The molecule has 0 spiro atoms. The number of fused-ring (bicyclic) bond motifs is 1. The summed E-state index contributed by atoms with van der Waals surface area (Å²) in [5.74, 6) is -0.231. The molecule has 1 unspecified atom stereocenters. The second kappa shape index (κ2) is 6.28. The lowest BCUT2D eigenvalue weighted by molar-refractivity contribution is 0.871. The van der Waals surface area contributed by atoms with E-state index in [2.05, 4.69) is 34.0 Å². The smallest absolute Gasteiger partial charge is 0.0856 e. The summed E-state index contributed by atoms with van der Waals surface area (Å²) in [6, 6.07) is 20.3. The number of rotatable bonds is 4. The molecular formula is C19H17N3. The molecule has 3 heteroatoms. The van der Waals surface area contributed by atoms with E-state index in [1.165, 1.54) is 16.5 Å². The van der Waals surface area contributed by atoms with Gasteiger partial charge in [0.2, 0.25) is 0 Å². The lowest BCUT2D eigenvalue weighted by Crippen LogP contribution is -2.02. The lowest BCUT2D eigenvalue weighted by Gasteiger charge is -2.02. The molecule has 3 aromatic rings. The number of aliphatic imine (C=N–C) groups is 1. The lowest BCUT2D eigenvalue weighted by atomic mass is 10.0. The highest BCUT2D eigenvalue weighted by Crippen LogP contribution is 2.22. The Morgan fingerprint density at radius 3 is 2.64 bits per heavy atom. The molecule has 0 bridgehead atoms. The molecule has 0 N–H and O–H groups in total. The van der Waals surface area contributed by atoms with Crippen LogP contribution in [0.2, 0.25) is 0 Å². The molecule has 2 aromatic carbocycles. The van der Waals surface area contributed by atoms with E-state index in [-0.39, 0.29) is 5.92 Å². The van der Waals surface area contributed by atoms with E-state index in [1.54, 1.807) is 6.21 Å². The van der Waals surface area contributed by atoms with Crippen LogP contribution in [0.25, 0.3) is 10.9 Å². The van der Waals surface area contributed by atoms with Gasteiger partial charge in [-0.05, 0) is 30.2 Å². The fourth-order valence-corrected chi connectivity index (χ4v) is 2.65. The molecule has 22 heavy (non-hydrogen) atoms. The number of nitrogens with zero attached hydrogens (tertiary/aromatic N) is 3. The first kappa shape index (κ1) is 14.1. The Labute approximate surface area is 130 Å². The zero-order valence-corrected chi connectivity index (χ0v) is 12.5. The Bertz CT molecular complexity index is 838. The standard InChI is InChI=1S/C19H17N3/c1-22-14-16(18-9-5-6-10-19(18)22)11-15(12-20)13-21-17-7-3-2-4-8-17/h2-10,13-15H,11H2,1H3. The normalized spacial score (nSPS) is 12.5. The molecule has 1 atom stereocenters. The van der Waals surface area contributed by atoms with E-state index in [4.69, 9.17) is 0 Å². The number of para-hydroxylation sites is 2. The summed E-state index contributed by atoms with van der Waals surface area (Å²) in [7, 11) is 2.03. The molecule has 0 radical (unpaired) electrons. The van der Waals surface area contributed by atoms with Crippen LogP contribution in [0.5, 0.6) is 0 Å². The van der Waals surface area contributed by atoms with Gasteiger partial charge in [-0.1, -0.05) is 36.4 Å². The average molecular weight is 287 g/mol. The van der Waals surface area contributed by atoms with E-state index in [0.29, 0.717) is 6.42 Å². The van der Waals surface area contributed by atoms with Gasteiger partial charge in [-0.3, -0.25) is 4.99 Å². The van der Waals surface area contributed by atoms with Crippen LogP contribution >= 0.6 is 0 Å². The molecular weight excluding hydrogens is 270 g/mol. The summed E-state index contributed by atoms with van der Waals surface area (Å²) in [6.07, 6.45) is 4.52. The molecule has 3 rings (SSSR count). The predicted molar refractivity (Wildman–Crippen MR) is 90.3 cm³/mol. The largest absolute Gasteiger partial charge is 0.350 e. The summed E-state index contributed by atoms with van der Waals surface area (Å²) in [6.45, 7) is 0. The molecule has 0 aliphatic rings. The van der Waals surface area contributed by atoms with Crippen molar-refractivity contribution in [3.8, 4) is 6.07 Å². The first-order valence-electron chi connectivity index (χ1n) is 7.29. The van der Waals surface area contributed by atoms with Crippen LogP contribution in [0, 0.1) is 17.2 Å². The summed E-state index contributed by atoms with van der Waals surface area (Å²) in [5.41, 5.74) is 3.25. The van der Waals surface area contributed by atoms with Crippen LogP contribution in [0.3, 0.4) is 0 Å². The van der Waals surface area contributed by atoms with Crippen LogP contribution in [0.15, 0.2) is 65.8 Å². The molecule has 3 nitrogen and oxygen atoms in total. The van der Waals surface area contributed by atoms with Gasteiger partial charge in [0, 0.05) is 30.4 Å². The van der Waals surface area contributed by atoms with Gasteiger partial charge >= 0.3 is 0 Å². The fourth-order valence-electron chi connectivity index (χ4n) is 2.65. The summed E-state index contributed by atoms with van der Waals surface area (Å²) in [5, 5.41) is 10.6. The van der Waals surface area contributed by atoms with Crippen molar-refractivity contribution in [3.63, 3.8) is 0 Å². The summed E-state index contributed by atoms with van der Waals surface area (Å²) in [4.78, 5) is 4.41. The molecule has 0 saturated carbocycles. The van der Waals surface area contributed by atoms with E-state index < -0.39 is 0 Å². The topological polar surface area (TPSA) is 41.1 Å². The van der Waals surface area contributed by atoms with E-state index in [0.717, 1.165) is 5.69 Å². The second-order valence-electron chi connectivity index (χ2n) is 5.34. The Morgan fingerprint density at radius 1 is 1.14 bits per heavy atom. The van der Waals surface area contributed by atoms with Crippen molar-refractivity contribution < 1.29 is 0 Å². The quantitative estimate of drug-likeness (QED) is 0.661. The minimum absolute atomic E-state index is 0.231. The van der Waals surface area contributed by atoms with Crippen LogP contribution in [0.1, 0.15) is 5.56 Å². The third-order valence-electron chi connectivity index (χ3n) is 3.74. The number of nitriles is 1. The van der Waals surface area contributed by atoms with E-state index >= 15 is 0 Å². The third kappa shape index (κ3) is 2.91. The van der Waals surface area contributed by atoms with Crippen molar-refractivity contribution in [3.05, 3.63) is 66.4 Å². The van der Waals surface area contributed by atoms with Crippen molar-refractivity contribution in [2.75, 3.05) is 0 Å².